The van der Waals surface area contributed by atoms with Crippen LogP contribution in [0.25, 0.3) is 0 Å². The molecule has 2 unspecified atom stereocenters. The minimum atomic E-state index is -0.590. The number of aliphatic hydroxyl groups excluding tert-OH is 1. The number of hydrogen-bond acceptors (Lipinski definition) is 6. The van der Waals surface area contributed by atoms with Crippen LogP contribution < -0.4 is 20.9 Å². The van der Waals surface area contributed by atoms with Crippen molar-refractivity contribution in [1.29, 1.82) is 0 Å². The average molecular weight is 265 g/mol. The van der Waals surface area contributed by atoms with Gasteiger partial charge in [0.25, 0.3) is 0 Å². The lowest BCUT2D eigenvalue weighted by Crippen LogP contribution is -2.46. The Labute approximate surface area is 112 Å². The molecule has 7 nitrogen and oxygen atoms in total. The minimum Gasteiger partial charge on any atom is -0.396 e. The first-order valence-electron chi connectivity index (χ1n) is 6.13. The minimum absolute atomic E-state index is 0.441. The lowest BCUT2D eigenvalue weighted by Gasteiger charge is -2.27. The Morgan fingerprint density at radius 2 is 2.32 bits per heavy atom. The van der Waals surface area contributed by atoms with Gasteiger partial charge in [0.2, 0.25) is 6.41 Å². The summed E-state index contributed by atoms with van der Waals surface area (Å²) in [5, 5.41) is 12.5. The van der Waals surface area contributed by atoms with Crippen molar-refractivity contribution >= 4 is 23.7 Å². The van der Waals surface area contributed by atoms with E-state index in [2.05, 4.69) is 10.3 Å². The fourth-order valence-corrected chi connectivity index (χ4v) is 2.27. The molecule has 0 radical (unpaired) electrons. The summed E-state index contributed by atoms with van der Waals surface area (Å²) in [4.78, 5) is 18.8. The predicted molar refractivity (Wildman–Crippen MR) is 73.9 cm³/mol. The molecule has 0 bridgehead atoms. The van der Waals surface area contributed by atoms with Gasteiger partial charge in [-0.3, -0.25) is 4.79 Å². The lowest BCUT2D eigenvalue weighted by atomic mass is 10.3. The molecule has 0 spiro atoms. The molecular weight excluding hydrogens is 246 g/mol. The van der Waals surface area contributed by atoms with Crippen molar-refractivity contribution in [3.05, 3.63) is 12.1 Å². The molecule has 19 heavy (non-hydrogen) atoms. The van der Waals surface area contributed by atoms with Gasteiger partial charge in [0, 0.05) is 20.6 Å². The van der Waals surface area contributed by atoms with Crippen molar-refractivity contribution in [2.24, 2.45) is 0 Å². The molecule has 0 saturated carbocycles. The first kappa shape index (κ1) is 13.4. The topological polar surface area (TPSA) is 94.7 Å². The molecule has 1 aliphatic heterocycles. The Hall–Kier alpha value is -2.02. The molecule has 0 aromatic carbocycles. The number of pyridine rings is 1. The number of nitrogens with two attached hydrogens (primary N) is 1. The van der Waals surface area contributed by atoms with E-state index in [-0.39, 0.29) is 0 Å². The summed E-state index contributed by atoms with van der Waals surface area (Å²) in [5.74, 6) is 1.36. The van der Waals surface area contributed by atoms with E-state index in [1.54, 1.807) is 12.1 Å². The number of nitrogen functional groups attached to an aromatic ring is 1. The van der Waals surface area contributed by atoms with Crippen molar-refractivity contribution in [3.63, 3.8) is 0 Å². The van der Waals surface area contributed by atoms with Gasteiger partial charge in [-0.05, 0) is 18.6 Å². The number of aliphatic hydroxyl groups is 1. The second-order valence-corrected chi connectivity index (χ2v) is 4.76. The summed E-state index contributed by atoms with van der Waals surface area (Å²) < 4.78 is 0. The predicted octanol–water partition coefficient (Wildman–Crippen LogP) is -0.627. The molecule has 0 aliphatic carbocycles. The molecule has 1 saturated heterocycles. The quantitative estimate of drug-likeness (QED) is 0.628. The number of anilines is 3. The average Bonchev–Trinajstić information content (AvgIpc) is 2.72. The van der Waals surface area contributed by atoms with Crippen LogP contribution >= 0.6 is 0 Å². The van der Waals surface area contributed by atoms with Crippen LogP contribution in [0.5, 0.6) is 0 Å². The molecule has 1 amide bonds. The van der Waals surface area contributed by atoms with E-state index in [1.807, 2.05) is 23.9 Å². The largest absolute Gasteiger partial charge is 0.396 e. The second-order valence-electron chi connectivity index (χ2n) is 4.76. The number of rotatable bonds is 4. The molecule has 7 heteroatoms. The SMILES string of the molecule is CN(C)c1nc(N2CCC(O)C2NC=O)ccc1N. The number of carbonyl (C=O) groups excluding carboxylic acids is 1. The van der Waals surface area contributed by atoms with Gasteiger partial charge in [-0.25, -0.2) is 4.98 Å². The molecular formula is C12H19N5O2. The van der Waals surface area contributed by atoms with Crippen molar-refractivity contribution in [2.75, 3.05) is 36.2 Å². The fraction of sp³-hybridized carbons (Fsp3) is 0.500. The molecule has 2 heterocycles. The molecule has 4 N–H and O–H groups in total. The normalized spacial score (nSPS) is 22.4. The van der Waals surface area contributed by atoms with E-state index in [0.717, 1.165) is 0 Å². The van der Waals surface area contributed by atoms with Crippen molar-refractivity contribution in [3.8, 4) is 0 Å². The summed E-state index contributed by atoms with van der Waals surface area (Å²) >= 11 is 0. The van der Waals surface area contributed by atoms with Gasteiger partial charge in [0.1, 0.15) is 12.0 Å². The molecule has 104 valence electrons. The zero-order chi connectivity index (χ0) is 14.0. The smallest absolute Gasteiger partial charge is 0.208 e. The van der Waals surface area contributed by atoms with E-state index in [9.17, 15) is 9.90 Å². The number of nitrogens with zero attached hydrogens (tertiary/aromatic N) is 3. The maximum atomic E-state index is 10.6. The first-order valence-corrected chi connectivity index (χ1v) is 6.13. The van der Waals surface area contributed by atoms with E-state index in [0.29, 0.717) is 36.7 Å². The highest BCUT2D eigenvalue weighted by Gasteiger charge is 2.33. The third-order valence-electron chi connectivity index (χ3n) is 3.21. The fourth-order valence-electron chi connectivity index (χ4n) is 2.27. The summed E-state index contributed by atoms with van der Waals surface area (Å²) in [6, 6.07) is 3.57. The van der Waals surface area contributed by atoms with Crippen LogP contribution in [0.2, 0.25) is 0 Å². The Kier molecular flexibility index (Phi) is 3.75. The van der Waals surface area contributed by atoms with Crippen LogP contribution in [-0.4, -0.2) is 49.4 Å². The summed E-state index contributed by atoms with van der Waals surface area (Å²) in [7, 11) is 3.73. The van der Waals surface area contributed by atoms with Gasteiger partial charge in [0.05, 0.1) is 11.8 Å². The number of aromatic nitrogens is 1. The van der Waals surface area contributed by atoms with Gasteiger partial charge >= 0.3 is 0 Å². The molecule has 1 aromatic heterocycles. The van der Waals surface area contributed by atoms with E-state index in [4.69, 9.17) is 5.73 Å². The Morgan fingerprint density at radius 3 is 2.95 bits per heavy atom. The maximum Gasteiger partial charge on any atom is 0.208 e. The second kappa shape index (κ2) is 5.31. The standard InChI is InChI=1S/C12H19N5O2/c1-16(2)11-8(13)3-4-10(15-11)17-6-5-9(19)12(17)14-7-18/h3-4,7,9,12,19H,5-6,13H2,1-2H3,(H,14,18). The van der Waals surface area contributed by atoms with E-state index in [1.165, 1.54) is 0 Å². The van der Waals surface area contributed by atoms with Crippen LogP contribution in [0.4, 0.5) is 17.3 Å². The highest BCUT2D eigenvalue weighted by molar-refractivity contribution is 5.66. The molecule has 1 aromatic rings. The van der Waals surface area contributed by atoms with Crippen molar-refractivity contribution in [1.82, 2.24) is 10.3 Å². The van der Waals surface area contributed by atoms with Crippen LogP contribution in [0.1, 0.15) is 6.42 Å². The summed E-state index contributed by atoms with van der Waals surface area (Å²) in [5.41, 5.74) is 6.46. The van der Waals surface area contributed by atoms with Gasteiger partial charge < -0.3 is 26.0 Å². The number of carbonyl (C=O) groups is 1. The van der Waals surface area contributed by atoms with Crippen LogP contribution in [0.15, 0.2) is 12.1 Å². The first-order chi connectivity index (χ1) is 9.04. The Bertz CT molecular complexity index is 465. The van der Waals surface area contributed by atoms with Gasteiger partial charge in [-0.1, -0.05) is 0 Å². The van der Waals surface area contributed by atoms with Crippen LogP contribution in [0.3, 0.4) is 0 Å². The van der Waals surface area contributed by atoms with Gasteiger partial charge in [-0.2, -0.15) is 0 Å². The number of amides is 1. The Balaban J connectivity index is 2.30. The molecule has 1 aliphatic rings. The van der Waals surface area contributed by atoms with E-state index < -0.39 is 12.3 Å². The third-order valence-corrected chi connectivity index (χ3v) is 3.21. The number of hydrogen-bond donors (Lipinski definition) is 3. The monoisotopic (exact) mass is 265 g/mol. The zero-order valence-corrected chi connectivity index (χ0v) is 11.1. The Morgan fingerprint density at radius 1 is 1.58 bits per heavy atom. The molecule has 2 atom stereocenters. The highest BCUT2D eigenvalue weighted by Crippen LogP contribution is 2.27. The van der Waals surface area contributed by atoms with Gasteiger partial charge in [-0.15, -0.1) is 0 Å². The molecule has 2 rings (SSSR count). The third kappa shape index (κ3) is 2.55. The summed E-state index contributed by atoms with van der Waals surface area (Å²) in [6.07, 6.45) is 0.154. The zero-order valence-electron chi connectivity index (χ0n) is 11.1. The summed E-state index contributed by atoms with van der Waals surface area (Å²) in [6.45, 7) is 0.635. The van der Waals surface area contributed by atoms with Crippen molar-refractivity contribution < 1.29 is 9.90 Å². The van der Waals surface area contributed by atoms with Crippen LogP contribution in [-0.2, 0) is 4.79 Å². The lowest BCUT2D eigenvalue weighted by molar-refractivity contribution is -0.110. The highest BCUT2D eigenvalue weighted by atomic mass is 16.3. The van der Waals surface area contributed by atoms with Crippen molar-refractivity contribution in [2.45, 2.75) is 18.7 Å². The molecule has 1 fully saturated rings. The van der Waals surface area contributed by atoms with Crippen LogP contribution in [0, 0.1) is 0 Å². The number of nitrogens with one attached hydrogen (secondary N) is 1. The van der Waals surface area contributed by atoms with Gasteiger partial charge in [0.15, 0.2) is 5.82 Å². The van der Waals surface area contributed by atoms with E-state index >= 15 is 0 Å². The maximum absolute atomic E-state index is 10.6.